The largest absolute Gasteiger partial charge is 0.379 e. The van der Waals surface area contributed by atoms with Crippen LogP contribution < -0.4 is 5.32 Å². The van der Waals surface area contributed by atoms with Crippen molar-refractivity contribution < 1.29 is 22.7 Å². The van der Waals surface area contributed by atoms with E-state index in [4.69, 9.17) is 4.74 Å². The molecule has 1 aromatic carbocycles. The van der Waals surface area contributed by atoms with Gasteiger partial charge in [-0.15, -0.1) is 0 Å². The van der Waals surface area contributed by atoms with Crippen molar-refractivity contribution in [3.05, 3.63) is 29.8 Å². The fraction of sp³-hybridized carbons (Fsp3) is 0.667. The molecule has 10 heteroatoms. The maximum absolute atomic E-state index is 13.2. The minimum Gasteiger partial charge on any atom is -0.379 e. The van der Waals surface area contributed by atoms with Crippen molar-refractivity contribution in [1.82, 2.24) is 19.4 Å². The summed E-state index contributed by atoms with van der Waals surface area (Å²) in [6.45, 7) is 6.48. The van der Waals surface area contributed by atoms with Crippen LogP contribution in [0.5, 0.6) is 0 Å². The molecule has 3 aliphatic rings. The number of carbonyl (C=O) groups excluding carboxylic acids is 2. The summed E-state index contributed by atoms with van der Waals surface area (Å²) in [5.74, 6) is -0.305. The Balaban J connectivity index is 1.43. The molecule has 4 rings (SSSR count). The molecule has 2 amide bonds. The van der Waals surface area contributed by atoms with E-state index in [1.807, 2.05) is 0 Å². The number of sulfonamides is 1. The molecule has 9 nitrogen and oxygen atoms in total. The van der Waals surface area contributed by atoms with E-state index in [2.05, 4.69) is 10.2 Å². The zero-order valence-electron chi connectivity index (χ0n) is 20.0. The summed E-state index contributed by atoms with van der Waals surface area (Å²) < 4.78 is 33.3. The number of carbonyl (C=O) groups is 2. The molecule has 3 fully saturated rings. The van der Waals surface area contributed by atoms with Crippen molar-refractivity contribution in [1.29, 1.82) is 0 Å². The van der Waals surface area contributed by atoms with Gasteiger partial charge in [0, 0.05) is 63.8 Å². The highest BCUT2D eigenvalue weighted by Gasteiger charge is 2.39. The Hall–Kier alpha value is -2.01. The summed E-state index contributed by atoms with van der Waals surface area (Å²) in [4.78, 5) is 28.8. The average Bonchev–Trinajstić information content (AvgIpc) is 2.88. The molecule has 1 saturated carbocycles. The molecule has 1 N–H and O–H groups in total. The van der Waals surface area contributed by atoms with Gasteiger partial charge in [-0.05, 0) is 31.0 Å². The number of rotatable bonds is 6. The number of nitrogens with zero attached hydrogens (tertiary/aromatic N) is 3. The molecule has 0 spiro atoms. The number of hydrogen-bond acceptors (Lipinski definition) is 6. The lowest BCUT2D eigenvalue weighted by Gasteiger charge is -2.48. The van der Waals surface area contributed by atoms with Gasteiger partial charge < -0.3 is 15.0 Å². The molecule has 0 unspecified atom stereocenters. The van der Waals surface area contributed by atoms with Gasteiger partial charge in [-0.25, -0.2) is 8.42 Å². The van der Waals surface area contributed by atoms with E-state index in [9.17, 15) is 18.0 Å². The van der Waals surface area contributed by atoms with E-state index < -0.39 is 10.0 Å². The summed E-state index contributed by atoms with van der Waals surface area (Å²) in [5, 5.41) is 3.11. The minimum atomic E-state index is -3.74. The topological polar surface area (TPSA) is 99.3 Å². The molecule has 2 saturated heterocycles. The van der Waals surface area contributed by atoms with Crippen molar-refractivity contribution in [2.24, 2.45) is 0 Å². The third kappa shape index (κ3) is 5.45. The third-order valence-electron chi connectivity index (χ3n) is 7.46. The van der Waals surface area contributed by atoms with Gasteiger partial charge in [-0.2, -0.15) is 4.31 Å². The predicted molar refractivity (Wildman–Crippen MR) is 128 cm³/mol. The quantitative estimate of drug-likeness (QED) is 0.643. The van der Waals surface area contributed by atoms with Gasteiger partial charge in [0.2, 0.25) is 15.9 Å². The standard InChI is InChI=1S/C24H36N4O5S/c1-20(29)26-10-12-28(13-11-26)34(31,32)22-7-5-6-21(18-22)23(30)25-19-24(8-3-2-4-9-24)27-14-16-33-17-15-27/h5-7,18H,2-4,8-17,19H2,1H3,(H,25,30). The SMILES string of the molecule is CC(=O)N1CCN(S(=O)(=O)c2cccc(C(=O)NCC3(N4CCOCC4)CCCCC3)c2)CC1. The molecule has 0 aromatic heterocycles. The Labute approximate surface area is 202 Å². The van der Waals surface area contributed by atoms with Crippen LogP contribution in [0.2, 0.25) is 0 Å². The number of piperazine rings is 1. The van der Waals surface area contributed by atoms with Gasteiger partial charge in [0.1, 0.15) is 0 Å². The zero-order valence-corrected chi connectivity index (χ0v) is 20.8. The predicted octanol–water partition coefficient (Wildman–Crippen LogP) is 1.30. The molecule has 1 aliphatic carbocycles. The molecule has 34 heavy (non-hydrogen) atoms. The van der Waals surface area contributed by atoms with Gasteiger partial charge in [-0.1, -0.05) is 25.3 Å². The van der Waals surface area contributed by atoms with Crippen LogP contribution in [0, 0.1) is 0 Å². The molecule has 0 atom stereocenters. The monoisotopic (exact) mass is 492 g/mol. The summed E-state index contributed by atoms with van der Waals surface area (Å²) in [6, 6.07) is 6.26. The van der Waals surface area contributed by atoms with Crippen molar-refractivity contribution in [2.45, 2.75) is 49.5 Å². The second kappa shape index (κ2) is 10.7. The van der Waals surface area contributed by atoms with E-state index >= 15 is 0 Å². The van der Waals surface area contributed by atoms with Crippen LogP contribution in [0.1, 0.15) is 49.4 Å². The summed E-state index contributed by atoms with van der Waals surface area (Å²) in [6.07, 6.45) is 5.62. The van der Waals surface area contributed by atoms with Crippen LogP contribution in [0.4, 0.5) is 0 Å². The molecule has 0 bridgehead atoms. The number of morpholine rings is 1. The zero-order chi connectivity index (χ0) is 24.2. The van der Waals surface area contributed by atoms with Crippen LogP contribution in [-0.2, 0) is 19.6 Å². The van der Waals surface area contributed by atoms with Crippen LogP contribution in [0.25, 0.3) is 0 Å². The highest BCUT2D eigenvalue weighted by molar-refractivity contribution is 7.89. The fourth-order valence-electron chi connectivity index (χ4n) is 5.39. The number of hydrogen-bond donors (Lipinski definition) is 1. The van der Waals surface area contributed by atoms with E-state index in [-0.39, 0.29) is 35.3 Å². The first-order chi connectivity index (χ1) is 16.3. The van der Waals surface area contributed by atoms with Crippen LogP contribution in [-0.4, -0.2) is 98.9 Å². The molecular formula is C24H36N4O5S. The van der Waals surface area contributed by atoms with E-state index in [0.717, 1.165) is 52.0 Å². The molecule has 0 radical (unpaired) electrons. The number of nitrogens with one attached hydrogen (secondary N) is 1. The first kappa shape index (κ1) is 25.1. The normalized spacial score (nSPS) is 22.3. The van der Waals surface area contributed by atoms with Gasteiger partial charge >= 0.3 is 0 Å². The lowest BCUT2D eigenvalue weighted by Crippen LogP contribution is -2.59. The molecular weight excluding hydrogens is 456 g/mol. The molecule has 2 aliphatic heterocycles. The third-order valence-corrected chi connectivity index (χ3v) is 9.36. The minimum absolute atomic E-state index is 0.0523. The lowest BCUT2D eigenvalue weighted by atomic mass is 9.79. The molecule has 188 valence electrons. The van der Waals surface area contributed by atoms with Gasteiger partial charge in [0.25, 0.3) is 5.91 Å². The second-order valence-corrected chi connectivity index (χ2v) is 11.4. The van der Waals surface area contributed by atoms with Crippen LogP contribution in [0.3, 0.4) is 0 Å². The average molecular weight is 493 g/mol. The maximum Gasteiger partial charge on any atom is 0.251 e. The Morgan fingerprint density at radius 2 is 1.68 bits per heavy atom. The van der Waals surface area contributed by atoms with Crippen LogP contribution in [0.15, 0.2) is 29.2 Å². The fourth-order valence-corrected chi connectivity index (χ4v) is 6.86. The highest BCUT2D eigenvalue weighted by atomic mass is 32.2. The Kier molecular flexibility index (Phi) is 7.91. The van der Waals surface area contributed by atoms with E-state index in [1.165, 1.54) is 29.8 Å². The molecule has 2 heterocycles. The summed E-state index contributed by atoms with van der Waals surface area (Å²) >= 11 is 0. The first-order valence-corrected chi connectivity index (χ1v) is 13.7. The van der Waals surface area contributed by atoms with Crippen molar-refractivity contribution in [3.63, 3.8) is 0 Å². The summed E-state index contributed by atoms with van der Waals surface area (Å²) in [5.41, 5.74) is 0.286. The van der Waals surface area contributed by atoms with Crippen molar-refractivity contribution >= 4 is 21.8 Å². The van der Waals surface area contributed by atoms with Gasteiger partial charge in [0.05, 0.1) is 18.1 Å². The lowest BCUT2D eigenvalue weighted by molar-refractivity contribution is -0.129. The van der Waals surface area contributed by atoms with Crippen LogP contribution >= 0.6 is 0 Å². The maximum atomic E-state index is 13.2. The smallest absolute Gasteiger partial charge is 0.251 e. The highest BCUT2D eigenvalue weighted by Crippen LogP contribution is 2.34. The van der Waals surface area contributed by atoms with Gasteiger partial charge in [-0.3, -0.25) is 14.5 Å². The summed E-state index contributed by atoms with van der Waals surface area (Å²) in [7, 11) is -3.74. The van der Waals surface area contributed by atoms with Crippen molar-refractivity contribution in [3.8, 4) is 0 Å². The number of amides is 2. The number of ether oxygens (including phenoxy) is 1. The van der Waals surface area contributed by atoms with E-state index in [0.29, 0.717) is 25.2 Å². The van der Waals surface area contributed by atoms with Gasteiger partial charge in [0.15, 0.2) is 0 Å². The second-order valence-electron chi connectivity index (χ2n) is 9.51. The van der Waals surface area contributed by atoms with E-state index in [1.54, 1.807) is 17.0 Å². The first-order valence-electron chi connectivity index (χ1n) is 12.3. The number of benzene rings is 1. The Bertz CT molecular complexity index is 979. The Morgan fingerprint density at radius 1 is 1.00 bits per heavy atom. The molecule has 1 aromatic rings. The Morgan fingerprint density at radius 3 is 2.32 bits per heavy atom. The van der Waals surface area contributed by atoms with Crippen molar-refractivity contribution in [2.75, 3.05) is 59.0 Å².